The average molecular weight is 272 g/mol. The number of carboxylic acid groups (broad SMARTS) is 1. The van der Waals surface area contributed by atoms with Crippen LogP contribution in [-0.2, 0) is 11.2 Å². The maximum absolute atomic E-state index is 13.6. The molecule has 19 heavy (non-hydrogen) atoms. The fourth-order valence-electron chi connectivity index (χ4n) is 2.57. The molecule has 1 fully saturated rings. The van der Waals surface area contributed by atoms with Gasteiger partial charge in [0.15, 0.2) is 0 Å². The van der Waals surface area contributed by atoms with E-state index in [1.54, 1.807) is 6.07 Å². The Morgan fingerprint density at radius 2 is 1.74 bits per heavy atom. The lowest BCUT2D eigenvalue weighted by Gasteiger charge is -2.36. The van der Waals surface area contributed by atoms with Crippen LogP contribution in [0.5, 0.6) is 0 Å². The van der Waals surface area contributed by atoms with Crippen LogP contribution in [0.3, 0.4) is 0 Å². The van der Waals surface area contributed by atoms with E-state index < -0.39 is 36.0 Å². The SMILES string of the molecule is O=C(O)C1(Cc2ccccc2F)CCC(F)(F)CC1. The van der Waals surface area contributed by atoms with Crippen molar-refractivity contribution < 1.29 is 23.1 Å². The fourth-order valence-corrected chi connectivity index (χ4v) is 2.57. The predicted octanol–water partition coefficient (Wildman–Crippen LogP) is 3.65. The molecule has 1 aromatic rings. The predicted molar refractivity (Wildman–Crippen MR) is 63.6 cm³/mol. The summed E-state index contributed by atoms with van der Waals surface area (Å²) in [6.07, 6.45) is -1.18. The summed E-state index contributed by atoms with van der Waals surface area (Å²) in [5.41, 5.74) is -1.00. The topological polar surface area (TPSA) is 37.3 Å². The molecule has 2 rings (SSSR count). The molecule has 0 heterocycles. The highest BCUT2D eigenvalue weighted by Gasteiger charge is 2.48. The molecule has 1 aliphatic carbocycles. The van der Waals surface area contributed by atoms with Crippen LogP contribution in [0, 0.1) is 11.2 Å². The van der Waals surface area contributed by atoms with E-state index >= 15 is 0 Å². The van der Waals surface area contributed by atoms with E-state index in [1.807, 2.05) is 0 Å². The van der Waals surface area contributed by atoms with Crippen molar-refractivity contribution in [3.05, 3.63) is 35.6 Å². The van der Waals surface area contributed by atoms with Crippen molar-refractivity contribution in [3.63, 3.8) is 0 Å². The van der Waals surface area contributed by atoms with Crippen molar-refractivity contribution in [2.24, 2.45) is 5.41 Å². The molecule has 1 N–H and O–H groups in total. The zero-order chi connectivity index (χ0) is 14.1. The molecule has 1 aromatic carbocycles. The largest absolute Gasteiger partial charge is 0.481 e. The number of hydrogen-bond donors (Lipinski definition) is 1. The summed E-state index contributed by atoms with van der Waals surface area (Å²) in [5.74, 6) is -4.40. The van der Waals surface area contributed by atoms with Gasteiger partial charge in [0.2, 0.25) is 5.92 Å². The van der Waals surface area contributed by atoms with Crippen LogP contribution in [0.15, 0.2) is 24.3 Å². The summed E-state index contributed by atoms with van der Waals surface area (Å²) in [7, 11) is 0. The van der Waals surface area contributed by atoms with Gasteiger partial charge in [-0.2, -0.15) is 0 Å². The van der Waals surface area contributed by atoms with Gasteiger partial charge in [0.05, 0.1) is 5.41 Å². The third-order valence-electron chi connectivity index (χ3n) is 3.88. The Labute approximate surface area is 109 Å². The number of hydrogen-bond acceptors (Lipinski definition) is 1. The van der Waals surface area contributed by atoms with E-state index in [9.17, 15) is 23.1 Å². The van der Waals surface area contributed by atoms with Crippen LogP contribution in [0.1, 0.15) is 31.2 Å². The van der Waals surface area contributed by atoms with Crippen molar-refractivity contribution in [2.45, 2.75) is 38.0 Å². The van der Waals surface area contributed by atoms with Crippen LogP contribution >= 0.6 is 0 Å². The summed E-state index contributed by atoms with van der Waals surface area (Å²) in [5, 5.41) is 9.34. The normalized spacial score (nSPS) is 21.0. The molecule has 104 valence electrons. The Morgan fingerprint density at radius 1 is 1.16 bits per heavy atom. The summed E-state index contributed by atoms with van der Waals surface area (Å²) in [6, 6.07) is 5.89. The minimum absolute atomic E-state index is 0.0366. The molecule has 0 bridgehead atoms. The van der Waals surface area contributed by atoms with Crippen LogP contribution in [0.25, 0.3) is 0 Å². The van der Waals surface area contributed by atoms with Gasteiger partial charge in [-0.15, -0.1) is 0 Å². The summed E-state index contributed by atoms with van der Waals surface area (Å²) >= 11 is 0. The standard InChI is InChI=1S/C14H15F3O2/c15-11-4-2-1-3-10(11)9-13(12(18)19)5-7-14(16,17)8-6-13/h1-4H,5-9H2,(H,18,19). The molecule has 0 unspecified atom stereocenters. The fraction of sp³-hybridized carbons (Fsp3) is 0.500. The van der Waals surface area contributed by atoms with E-state index in [0.29, 0.717) is 0 Å². The average Bonchev–Trinajstić information content (AvgIpc) is 2.34. The Bertz CT molecular complexity index is 475. The number of rotatable bonds is 3. The first kappa shape index (κ1) is 13.9. The third-order valence-corrected chi connectivity index (χ3v) is 3.88. The van der Waals surface area contributed by atoms with Gasteiger partial charge < -0.3 is 5.11 Å². The third kappa shape index (κ3) is 2.91. The smallest absolute Gasteiger partial charge is 0.309 e. The quantitative estimate of drug-likeness (QED) is 0.912. The van der Waals surface area contributed by atoms with Gasteiger partial charge in [-0.05, 0) is 30.9 Å². The molecule has 0 saturated heterocycles. The van der Waals surface area contributed by atoms with Crippen LogP contribution < -0.4 is 0 Å². The van der Waals surface area contributed by atoms with Crippen LogP contribution in [0.2, 0.25) is 0 Å². The number of carbonyl (C=O) groups is 1. The molecule has 1 saturated carbocycles. The molecule has 2 nitrogen and oxygen atoms in total. The lowest BCUT2D eigenvalue weighted by molar-refractivity contribution is -0.156. The summed E-state index contributed by atoms with van der Waals surface area (Å²) in [4.78, 5) is 11.4. The maximum Gasteiger partial charge on any atom is 0.309 e. The molecule has 0 radical (unpaired) electrons. The molecule has 0 atom stereocenters. The number of carboxylic acids is 1. The molecule has 1 aliphatic rings. The van der Waals surface area contributed by atoms with Crippen molar-refractivity contribution in [2.75, 3.05) is 0 Å². The second-order valence-corrected chi connectivity index (χ2v) is 5.21. The van der Waals surface area contributed by atoms with Gasteiger partial charge in [-0.25, -0.2) is 13.2 Å². The van der Waals surface area contributed by atoms with Crippen molar-refractivity contribution in [3.8, 4) is 0 Å². The molecule has 0 spiro atoms. The van der Waals surface area contributed by atoms with E-state index in [-0.39, 0.29) is 24.8 Å². The van der Waals surface area contributed by atoms with E-state index in [1.165, 1.54) is 18.2 Å². The second-order valence-electron chi connectivity index (χ2n) is 5.21. The first-order chi connectivity index (χ1) is 8.85. The minimum Gasteiger partial charge on any atom is -0.481 e. The lowest BCUT2D eigenvalue weighted by Crippen LogP contribution is -2.41. The van der Waals surface area contributed by atoms with E-state index in [2.05, 4.69) is 0 Å². The zero-order valence-electron chi connectivity index (χ0n) is 10.3. The highest BCUT2D eigenvalue weighted by molar-refractivity contribution is 5.75. The van der Waals surface area contributed by atoms with Gasteiger partial charge in [-0.3, -0.25) is 4.79 Å². The Balaban J connectivity index is 2.23. The van der Waals surface area contributed by atoms with Gasteiger partial charge in [-0.1, -0.05) is 18.2 Å². The minimum atomic E-state index is -2.80. The number of halogens is 3. The van der Waals surface area contributed by atoms with Crippen molar-refractivity contribution >= 4 is 5.97 Å². The van der Waals surface area contributed by atoms with Gasteiger partial charge >= 0.3 is 5.97 Å². The van der Waals surface area contributed by atoms with Gasteiger partial charge in [0, 0.05) is 12.8 Å². The van der Waals surface area contributed by atoms with Crippen molar-refractivity contribution in [1.29, 1.82) is 0 Å². The van der Waals surface area contributed by atoms with Gasteiger partial charge in [0.25, 0.3) is 0 Å². The highest BCUT2D eigenvalue weighted by Crippen LogP contribution is 2.45. The van der Waals surface area contributed by atoms with Crippen LogP contribution in [0.4, 0.5) is 13.2 Å². The van der Waals surface area contributed by atoms with E-state index in [4.69, 9.17) is 0 Å². The number of benzene rings is 1. The number of alkyl halides is 2. The number of aliphatic carboxylic acids is 1. The molecule has 0 amide bonds. The summed E-state index contributed by atoms with van der Waals surface area (Å²) < 4.78 is 39.9. The molecular weight excluding hydrogens is 257 g/mol. The highest BCUT2D eigenvalue weighted by atomic mass is 19.3. The molecular formula is C14H15F3O2. The molecule has 0 aromatic heterocycles. The Kier molecular flexibility index (Phi) is 3.56. The second kappa shape index (κ2) is 4.87. The Morgan fingerprint density at radius 3 is 2.26 bits per heavy atom. The maximum atomic E-state index is 13.6. The van der Waals surface area contributed by atoms with Crippen molar-refractivity contribution in [1.82, 2.24) is 0 Å². The Hall–Kier alpha value is -1.52. The first-order valence-corrected chi connectivity index (χ1v) is 6.19. The van der Waals surface area contributed by atoms with Gasteiger partial charge in [0.1, 0.15) is 5.82 Å². The summed E-state index contributed by atoms with van der Waals surface area (Å²) in [6.45, 7) is 0. The molecule has 0 aliphatic heterocycles. The van der Waals surface area contributed by atoms with E-state index in [0.717, 1.165) is 0 Å². The molecule has 5 heteroatoms. The first-order valence-electron chi connectivity index (χ1n) is 6.19. The monoisotopic (exact) mass is 272 g/mol. The zero-order valence-corrected chi connectivity index (χ0v) is 10.3. The van der Waals surface area contributed by atoms with Crippen LogP contribution in [-0.4, -0.2) is 17.0 Å². The lowest BCUT2D eigenvalue weighted by atomic mass is 9.69.